The normalized spacial score (nSPS) is 19.6. The van der Waals surface area contributed by atoms with Crippen molar-refractivity contribution in [3.05, 3.63) is 76.6 Å². The van der Waals surface area contributed by atoms with Gasteiger partial charge in [-0.3, -0.25) is 4.79 Å². The first-order valence-electron chi connectivity index (χ1n) is 10.5. The second-order valence-electron chi connectivity index (χ2n) is 9.23. The molecule has 5 rings (SSSR count). The molecule has 2 heterocycles. The number of nitrogens with one attached hydrogen (secondary N) is 1. The third-order valence-corrected chi connectivity index (χ3v) is 6.21. The Morgan fingerprint density at radius 3 is 2.52 bits per heavy atom. The van der Waals surface area contributed by atoms with Gasteiger partial charge in [-0.25, -0.2) is 4.68 Å². The molecule has 31 heavy (non-hydrogen) atoms. The van der Waals surface area contributed by atoms with Gasteiger partial charge in [-0.05, 0) is 48.6 Å². The Labute approximate surface area is 180 Å². The van der Waals surface area contributed by atoms with Crippen LogP contribution in [0.4, 0.5) is 5.82 Å². The van der Waals surface area contributed by atoms with Crippen LogP contribution in [0.5, 0.6) is 11.5 Å². The Bertz CT molecular complexity index is 1240. The molecule has 1 unspecified atom stereocenters. The Kier molecular flexibility index (Phi) is 4.22. The van der Waals surface area contributed by atoms with Crippen molar-refractivity contribution in [3.8, 4) is 17.2 Å². The number of carbonyl (C=O) groups excluding carboxylic acids is 1. The summed E-state index contributed by atoms with van der Waals surface area (Å²) in [5, 5.41) is 28.4. The number of nitrogens with zero attached hydrogens (tertiary/aromatic N) is 2. The highest BCUT2D eigenvalue weighted by Gasteiger charge is 2.43. The molecule has 1 atom stereocenters. The second-order valence-corrected chi connectivity index (χ2v) is 9.23. The van der Waals surface area contributed by atoms with Gasteiger partial charge in [-0.15, -0.1) is 0 Å². The third-order valence-electron chi connectivity index (χ3n) is 6.21. The zero-order chi connectivity index (χ0) is 21.9. The fraction of sp³-hybridized carbons (Fsp3) is 0.280. The maximum absolute atomic E-state index is 13.3. The van der Waals surface area contributed by atoms with E-state index >= 15 is 0 Å². The van der Waals surface area contributed by atoms with E-state index in [1.54, 1.807) is 12.1 Å². The van der Waals surface area contributed by atoms with E-state index in [0.717, 1.165) is 46.0 Å². The summed E-state index contributed by atoms with van der Waals surface area (Å²) >= 11 is 0. The molecule has 3 N–H and O–H groups in total. The highest BCUT2D eigenvalue weighted by molar-refractivity contribution is 6.01. The average Bonchev–Trinajstić information content (AvgIpc) is 3.04. The summed E-state index contributed by atoms with van der Waals surface area (Å²) in [4.78, 5) is 13.3. The number of hydrogen-bond acceptors (Lipinski definition) is 5. The maximum Gasteiger partial charge on any atom is 0.162 e. The number of ketones is 1. The third kappa shape index (κ3) is 3.10. The highest BCUT2D eigenvalue weighted by atomic mass is 16.3. The number of aromatic hydroxyl groups is 2. The van der Waals surface area contributed by atoms with Gasteiger partial charge in [0.25, 0.3) is 0 Å². The van der Waals surface area contributed by atoms with Crippen LogP contribution in [0.1, 0.15) is 49.4 Å². The molecule has 1 aliphatic carbocycles. The molecule has 3 aromatic rings. The van der Waals surface area contributed by atoms with Crippen LogP contribution in [0.3, 0.4) is 0 Å². The quantitative estimate of drug-likeness (QED) is 0.524. The lowest BCUT2D eigenvalue weighted by Crippen LogP contribution is -2.34. The summed E-state index contributed by atoms with van der Waals surface area (Å²) in [7, 11) is 0. The molecule has 0 amide bonds. The zero-order valence-electron chi connectivity index (χ0n) is 17.8. The number of carbonyl (C=O) groups is 1. The van der Waals surface area contributed by atoms with Gasteiger partial charge >= 0.3 is 0 Å². The largest absolute Gasteiger partial charge is 0.504 e. The number of Topliss-reactive ketones (excluding diaryl/α,β-unsaturated/α-hetero) is 1. The van der Waals surface area contributed by atoms with Crippen LogP contribution in [0, 0.1) is 12.3 Å². The minimum atomic E-state index is -0.362. The van der Waals surface area contributed by atoms with E-state index in [4.69, 9.17) is 5.10 Å². The molecule has 1 aliphatic heterocycles. The predicted molar refractivity (Wildman–Crippen MR) is 119 cm³/mol. The number of allylic oxidation sites excluding steroid dienone is 2. The number of phenols is 2. The van der Waals surface area contributed by atoms with Crippen molar-refractivity contribution in [3.63, 3.8) is 0 Å². The Morgan fingerprint density at radius 1 is 1.06 bits per heavy atom. The molecule has 6 nitrogen and oxygen atoms in total. The van der Waals surface area contributed by atoms with Crippen molar-refractivity contribution in [1.29, 1.82) is 0 Å². The number of fused-ring (bicyclic) bond motifs is 1. The van der Waals surface area contributed by atoms with Gasteiger partial charge in [0.05, 0.1) is 11.4 Å². The Balaban J connectivity index is 1.77. The molecule has 0 saturated carbocycles. The summed E-state index contributed by atoms with van der Waals surface area (Å²) in [6.07, 6.45) is 1.21. The van der Waals surface area contributed by atoms with Crippen molar-refractivity contribution in [2.75, 3.05) is 5.32 Å². The zero-order valence-corrected chi connectivity index (χ0v) is 17.8. The topological polar surface area (TPSA) is 87.4 Å². The van der Waals surface area contributed by atoms with Gasteiger partial charge < -0.3 is 15.5 Å². The van der Waals surface area contributed by atoms with Crippen LogP contribution in [0.15, 0.2) is 59.8 Å². The fourth-order valence-corrected chi connectivity index (χ4v) is 4.88. The van der Waals surface area contributed by atoms with E-state index in [9.17, 15) is 15.0 Å². The number of para-hydroxylation sites is 1. The van der Waals surface area contributed by atoms with Crippen LogP contribution in [0.2, 0.25) is 0 Å². The van der Waals surface area contributed by atoms with E-state index in [0.29, 0.717) is 6.42 Å². The number of aryl methyl sites for hydroxylation is 1. The number of aromatic nitrogens is 2. The van der Waals surface area contributed by atoms with Crippen molar-refractivity contribution in [1.82, 2.24) is 9.78 Å². The smallest absolute Gasteiger partial charge is 0.162 e. The number of anilines is 1. The lowest BCUT2D eigenvalue weighted by molar-refractivity contribution is -0.118. The van der Waals surface area contributed by atoms with Crippen LogP contribution in [-0.4, -0.2) is 25.8 Å². The molecule has 2 aliphatic rings. The molecular weight excluding hydrogens is 390 g/mol. The van der Waals surface area contributed by atoms with Crippen LogP contribution in [0.25, 0.3) is 5.69 Å². The van der Waals surface area contributed by atoms with Crippen LogP contribution < -0.4 is 5.32 Å². The van der Waals surface area contributed by atoms with Gasteiger partial charge in [-0.2, -0.15) is 5.10 Å². The van der Waals surface area contributed by atoms with E-state index < -0.39 is 0 Å². The van der Waals surface area contributed by atoms with Gasteiger partial charge in [0, 0.05) is 29.2 Å². The summed E-state index contributed by atoms with van der Waals surface area (Å²) < 4.78 is 1.88. The molecule has 0 spiro atoms. The first-order valence-corrected chi connectivity index (χ1v) is 10.5. The van der Waals surface area contributed by atoms with Crippen molar-refractivity contribution >= 4 is 11.6 Å². The Morgan fingerprint density at radius 2 is 1.81 bits per heavy atom. The fourth-order valence-electron chi connectivity index (χ4n) is 4.88. The SMILES string of the molecule is Cc1nn(-c2ccccc2)c2c1C(c1ccc(O)c(O)c1)C1=C(CC(C)(C)CC1=O)N2. The minimum Gasteiger partial charge on any atom is -0.504 e. The van der Waals surface area contributed by atoms with E-state index in [2.05, 4.69) is 19.2 Å². The molecule has 0 radical (unpaired) electrons. The van der Waals surface area contributed by atoms with E-state index in [-0.39, 0.29) is 28.6 Å². The molecule has 0 fully saturated rings. The maximum atomic E-state index is 13.3. The monoisotopic (exact) mass is 415 g/mol. The lowest BCUT2D eigenvalue weighted by Gasteiger charge is -2.38. The van der Waals surface area contributed by atoms with Gasteiger partial charge in [0.2, 0.25) is 0 Å². The number of benzene rings is 2. The lowest BCUT2D eigenvalue weighted by atomic mass is 9.69. The number of rotatable bonds is 2. The average molecular weight is 415 g/mol. The van der Waals surface area contributed by atoms with Gasteiger partial charge in [-0.1, -0.05) is 38.1 Å². The van der Waals surface area contributed by atoms with Gasteiger partial charge in [0.15, 0.2) is 17.3 Å². The molecule has 0 bridgehead atoms. The summed E-state index contributed by atoms with van der Waals surface area (Å²) in [5.41, 5.74) is 4.91. The number of hydrogen-bond donors (Lipinski definition) is 3. The summed E-state index contributed by atoms with van der Waals surface area (Å²) in [6, 6.07) is 14.7. The number of phenolic OH excluding ortho intramolecular Hbond substituents is 2. The first kappa shape index (κ1) is 19.4. The molecule has 2 aromatic carbocycles. The van der Waals surface area contributed by atoms with Crippen LogP contribution in [-0.2, 0) is 4.79 Å². The van der Waals surface area contributed by atoms with E-state index in [1.807, 2.05) is 41.9 Å². The predicted octanol–water partition coefficient (Wildman–Crippen LogP) is 4.79. The van der Waals surface area contributed by atoms with E-state index in [1.165, 1.54) is 6.07 Å². The van der Waals surface area contributed by atoms with Crippen molar-refractivity contribution in [2.24, 2.45) is 5.41 Å². The highest BCUT2D eigenvalue weighted by Crippen LogP contribution is 2.51. The molecule has 0 saturated heterocycles. The Hall–Kier alpha value is -3.54. The molecule has 158 valence electrons. The van der Waals surface area contributed by atoms with Crippen molar-refractivity contribution < 1.29 is 15.0 Å². The molecule has 1 aromatic heterocycles. The molecular formula is C25H25N3O3. The van der Waals surface area contributed by atoms with Crippen molar-refractivity contribution in [2.45, 2.75) is 39.5 Å². The summed E-state index contributed by atoms with van der Waals surface area (Å²) in [5.74, 6) is 0.203. The minimum absolute atomic E-state index is 0.105. The standard InChI is InChI=1S/C25H25N3O3/c1-14-21-22(15-9-10-18(29)19(30)11-15)23-17(12-25(2,3)13-20(23)31)26-24(21)28(27-14)16-7-5-4-6-8-16/h4-11,22,26,29-30H,12-13H2,1-3H3. The molecule has 6 heteroatoms. The van der Waals surface area contributed by atoms with Crippen LogP contribution >= 0.6 is 0 Å². The summed E-state index contributed by atoms with van der Waals surface area (Å²) in [6.45, 7) is 6.15. The van der Waals surface area contributed by atoms with Gasteiger partial charge in [0.1, 0.15) is 5.82 Å². The first-order chi connectivity index (χ1) is 14.7. The second kappa shape index (κ2) is 6.74.